The van der Waals surface area contributed by atoms with Crippen molar-refractivity contribution in [2.24, 2.45) is 5.92 Å². The summed E-state index contributed by atoms with van der Waals surface area (Å²) in [6, 6.07) is 2.63. The highest BCUT2D eigenvalue weighted by Gasteiger charge is 2.25. The van der Waals surface area contributed by atoms with E-state index < -0.39 is 0 Å². The number of hydrogen-bond acceptors (Lipinski definition) is 3. The van der Waals surface area contributed by atoms with Crippen LogP contribution in [0.5, 0.6) is 0 Å². The van der Waals surface area contributed by atoms with Crippen LogP contribution in [0.4, 0.5) is 20.2 Å². The van der Waals surface area contributed by atoms with Crippen LogP contribution in [-0.4, -0.2) is 31.8 Å². The normalized spacial score (nSPS) is 25.8. The first-order valence-electron chi connectivity index (χ1n) is 9.16. The van der Waals surface area contributed by atoms with Gasteiger partial charge in [0.15, 0.2) is 0 Å². The van der Waals surface area contributed by atoms with Crippen molar-refractivity contribution in [1.29, 1.82) is 0 Å². The van der Waals surface area contributed by atoms with Crippen LogP contribution >= 0.6 is 0 Å². The van der Waals surface area contributed by atoms with Gasteiger partial charge in [0.05, 0.1) is 23.6 Å². The van der Waals surface area contributed by atoms with Crippen LogP contribution in [-0.2, 0) is 4.74 Å². The summed E-state index contributed by atoms with van der Waals surface area (Å²) >= 11 is 0. The molecule has 1 aromatic carbocycles. The third-order valence-electron chi connectivity index (χ3n) is 5.10. The highest BCUT2D eigenvalue weighted by atomic mass is 19.1. The maximum atomic E-state index is 14.5. The first-order chi connectivity index (χ1) is 11.5. The maximum Gasteiger partial charge on any atom is 0.148 e. The molecule has 1 aromatic rings. The van der Waals surface area contributed by atoms with Gasteiger partial charge < -0.3 is 15.0 Å². The minimum absolute atomic E-state index is 0.0142. The summed E-state index contributed by atoms with van der Waals surface area (Å²) in [7, 11) is 0. The second-order valence-corrected chi connectivity index (χ2v) is 7.33. The number of halogens is 2. The van der Waals surface area contributed by atoms with Crippen molar-refractivity contribution in [3.8, 4) is 0 Å². The minimum Gasteiger partial charge on any atom is -0.382 e. The Labute approximate surface area is 143 Å². The van der Waals surface area contributed by atoms with E-state index in [0.29, 0.717) is 24.7 Å². The van der Waals surface area contributed by atoms with Crippen LogP contribution in [0.25, 0.3) is 0 Å². The van der Waals surface area contributed by atoms with Gasteiger partial charge in [0.1, 0.15) is 11.6 Å². The Balaban J connectivity index is 1.68. The largest absolute Gasteiger partial charge is 0.382 e. The molecule has 0 bridgehead atoms. The van der Waals surface area contributed by atoms with Crippen molar-refractivity contribution < 1.29 is 13.5 Å². The average molecular weight is 338 g/mol. The lowest BCUT2D eigenvalue weighted by molar-refractivity contribution is -0.00541. The molecule has 1 aliphatic carbocycles. The summed E-state index contributed by atoms with van der Waals surface area (Å²) in [6.07, 6.45) is 6.17. The molecule has 2 aliphatic rings. The SMILES string of the molecule is CC1CN(c2cc(F)c(NCC3CCCCC3)cc2F)CC(C)O1. The fourth-order valence-electron chi connectivity index (χ4n) is 3.93. The highest BCUT2D eigenvalue weighted by molar-refractivity contribution is 5.57. The fraction of sp³-hybridized carbons (Fsp3) is 0.684. The monoisotopic (exact) mass is 338 g/mol. The molecule has 2 unspecified atom stereocenters. The number of ether oxygens (including phenoxy) is 1. The first kappa shape index (κ1) is 17.5. The van der Waals surface area contributed by atoms with Gasteiger partial charge in [-0.1, -0.05) is 19.3 Å². The standard InChI is InChI=1S/C19H28F2N2O/c1-13-11-23(12-14(2)24-13)19-9-16(20)18(8-17(19)21)22-10-15-6-4-3-5-7-15/h8-9,13-15,22H,3-7,10-12H2,1-2H3. The minimum atomic E-state index is -0.381. The molecule has 1 aliphatic heterocycles. The predicted molar refractivity (Wildman–Crippen MR) is 93.6 cm³/mol. The summed E-state index contributed by atoms with van der Waals surface area (Å²) in [5.41, 5.74) is 0.605. The second-order valence-electron chi connectivity index (χ2n) is 7.33. The van der Waals surface area contributed by atoms with Crippen molar-refractivity contribution in [3.63, 3.8) is 0 Å². The van der Waals surface area contributed by atoms with E-state index in [-0.39, 0.29) is 29.5 Å². The molecule has 1 heterocycles. The molecular weight excluding hydrogens is 310 g/mol. The van der Waals surface area contributed by atoms with E-state index in [1.807, 2.05) is 18.7 Å². The van der Waals surface area contributed by atoms with Crippen LogP contribution in [0.1, 0.15) is 46.0 Å². The van der Waals surface area contributed by atoms with Crippen molar-refractivity contribution >= 4 is 11.4 Å². The lowest BCUT2D eigenvalue weighted by Gasteiger charge is -2.37. The van der Waals surface area contributed by atoms with Crippen LogP contribution in [0.15, 0.2) is 12.1 Å². The van der Waals surface area contributed by atoms with Gasteiger partial charge >= 0.3 is 0 Å². The van der Waals surface area contributed by atoms with Crippen molar-refractivity contribution in [2.75, 3.05) is 29.9 Å². The van der Waals surface area contributed by atoms with Crippen LogP contribution in [0.2, 0.25) is 0 Å². The number of rotatable bonds is 4. The summed E-state index contributed by atoms with van der Waals surface area (Å²) in [5, 5.41) is 3.11. The van der Waals surface area contributed by atoms with E-state index in [1.54, 1.807) is 0 Å². The topological polar surface area (TPSA) is 24.5 Å². The number of benzene rings is 1. The lowest BCUT2D eigenvalue weighted by atomic mass is 9.89. The summed E-state index contributed by atoms with van der Waals surface area (Å²) in [4.78, 5) is 1.88. The van der Waals surface area contributed by atoms with Crippen molar-refractivity contribution in [2.45, 2.75) is 58.2 Å². The van der Waals surface area contributed by atoms with Gasteiger partial charge in [-0.05, 0) is 32.6 Å². The summed E-state index contributed by atoms with van der Waals surface area (Å²) in [6.45, 7) is 5.79. The molecule has 1 saturated heterocycles. The molecule has 3 nitrogen and oxygen atoms in total. The van der Waals surface area contributed by atoms with E-state index in [9.17, 15) is 8.78 Å². The zero-order chi connectivity index (χ0) is 17.1. The third-order valence-corrected chi connectivity index (χ3v) is 5.10. The molecule has 0 aromatic heterocycles. The number of anilines is 2. The van der Waals surface area contributed by atoms with Gasteiger partial charge in [-0.2, -0.15) is 0 Å². The molecule has 5 heteroatoms. The predicted octanol–water partition coefficient (Wildman–Crippen LogP) is 4.57. The molecule has 0 amide bonds. The fourth-order valence-corrected chi connectivity index (χ4v) is 3.93. The maximum absolute atomic E-state index is 14.5. The molecular formula is C19H28F2N2O. The smallest absolute Gasteiger partial charge is 0.148 e. The molecule has 2 atom stereocenters. The van der Waals surface area contributed by atoms with Gasteiger partial charge in [0.25, 0.3) is 0 Å². The zero-order valence-electron chi connectivity index (χ0n) is 14.7. The van der Waals surface area contributed by atoms with Gasteiger partial charge in [0, 0.05) is 31.8 Å². The molecule has 1 N–H and O–H groups in total. The Hall–Kier alpha value is -1.36. The van der Waals surface area contributed by atoms with E-state index in [4.69, 9.17) is 4.74 Å². The van der Waals surface area contributed by atoms with Gasteiger partial charge in [-0.25, -0.2) is 8.78 Å². The average Bonchev–Trinajstić information content (AvgIpc) is 2.55. The van der Waals surface area contributed by atoms with E-state index in [2.05, 4.69) is 5.32 Å². The summed E-state index contributed by atoms with van der Waals surface area (Å²) in [5.74, 6) is -0.181. The van der Waals surface area contributed by atoms with Gasteiger partial charge in [-0.15, -0.1) is 0 Å². The first-order valence-corrected chi connectivity index (χ1v) is 9.16. The number of nitrogens with one attached hydrogen (secondary N) is 1. The Bertz CT molecular complexity index is 551. The Morgan fingerprint density at radius 2 is 1.71 bits per heavy atom. The molecule has 2 fully saturated rings. The molecule has 0 spiro atoms. The van der Waals surface area contributed by atoms with Gasteiger partial charge in [0.2, 0.25) is 0 Å². The Kier molecular flexibility index (Phi) is 5.59. The quantitative estimate of drug-likeness (QED) is 0.870. The van der Waals surface area contributed by atoms with Crippen molar-refractivity contribution in [3.05, 3.63) is 23.8 Å². The molecule has 0 radical (unpaired) electrons. The molecule has 1 saturated carbocycles. The molecule has 24 heavy (non-hydrogen) atoms. The van der Waals surface area contributed by atoms with Gasteiger partial charge in [-0.3, -0.25) is 0 Å². The van der Waals surface area contributed by atoms with E-state index in [1.165, 1.54) is 44.2 Å². The van der Waals surface area contributed by atoms with E-state index in [0.717, 1.165) is 6.54 Å². The number of morpholine rings is 1. The number of nitrogens with zero attached hydrogens (tertiary/aromatic N) is 1. The third kappa shape index (κ3) is 4.18. The molecule has 3 rings (SSSR count). The van der Waals surface area contributed by atoms with Crippen molar-refractivity contribution in [1.82, 2.24) is 0 Å². The highest BCUT2D eigenvalue weighted by Crippen LogP contribution is 2.30. The van der Waals surface area contributed by atoms with E-state index >= 15 is 0 Å². The molecule has 134 valence electrons. The lowest BCUT2D eigenvalue weighted by Crippen LogP contribution is -2.45. The number of hydrogen-bond donors (Lipinski definition) is 1. The summed E-state index contributed by atoms with van der Waals surface area (Å²) < 4.78 is 34.7. The van der Waals surface area contributed by atoms with Crippen LogP contribution in [0.3, 0.4) is 0 Å². The zero-order valence-corrected chi connectivity index (χ0v) is 14.7. The van der Waals surface area contributed by atoms with Crippen LogP contribution < -0.4 is 10.2 Å². The Morgan fingerprint density at radius 3 is 2.38 bits per heavy atom. The second kappa shape index (κ2) is 7.68. The van der Waals surface area contributed by atoms with Crippen LogP contribution in [0, 0.1) is 17.6 Å². The Morgan fingerprint density at radius 1 is 1.04 bits per heavy atom.